The molecule has 0 atom stereocenters. The maximum absolute atomic E-state index is 12.8. The van der Waals surface area contributed by atoms with Crippen LogP contribution in [0.3, 0.4) is 0 Å². The van der Waals surface area contributed by atoms with Crippen molar-refractivity contribution in [2.24, 2.45) is 0 Å². The van der Waals surface area contributed by atoms with Crippen molar-refractivity contribution in [2.45, 2.75) is 24.9 Å². The quantitative estimate of drug-likeness (QED) is 0.836. The van der Waals surface area contributed by atoms with Crippen molar-refractivity contribution in [3.8, 4) is 5.75 Å². The monoisotopic (exact) mass is 214 g/mol. The summed E-state index contributed by atoms with van der Waals surface area (Å²) in [5, 5.41) is 9.70. The SMILES string of the molecule is OC1(COc2ccc(F)c(F)c2)CCC1. The largest absolute Gasteiger partial charge is 0.490 e. The molecule has 0 radical (unpaired) electrons. The molecule has 0 amide bonds. The third-order valence-corrected chi connectivity index (χ3v) is 2.68. The molecule has 0 aromatic heterocycles. The highest BCUT2D eigenvalue weighted by Gasteiger charge is 2.35. The summed E-state index contributed by atoms with van der Waals surface area (Å²) in [4.78, 5) is 0. The highest BCUT2D eigenvalue weighted by atomic mass is 19.2. The summed E-state index contributed by atoms with van der Waals surface area (Å²) >= 11 is 0. The molecule has 0 bridgehead atoms. The minimum absolute atomic E-state index is 0.137. The van der Waals surface area contributed by atoms with E-state index in [0.717, 1.165) is 18.6 Å². The molecular formula is C11H12F2O2. The second-order valence-electron chi connectivity index (χ2n) is 3.94. The summed E-state index contributed by atoms with van der Waals surface area (Å²) in [6.07, 6.45) is 2.39. The van der Waals surface area contributed by atoms with E-state index >= 15 is 0 Å². The van der Waals surface area contributed by atoms with E-state index in [1.165, 1.54) is 6.07 Å². The second kappa shape index (κ2) is 3.77. The van der Waals surface area contributed by atoms with Crippen LogP contribution in [0.2, 0.25) is 0 Å². The van der Waals surface area contributed by atoms with Gasteiger partial charge in [-0.3, -0.25) is 0 Å². The van der Waals surface area contributed by atoms with Gasteiger partial charge in [0.15, 0.2) is 11.6 Å². The van der Waals surface area contributed by atoms with Crippen LogP contribution < -0.4 is 4.74 Å². The molecule has 2 nitrogen and oxygen atoms in total. The molecule has 0 heterocycles. The van der Waals surface area contributed by atoms with E-state index in [2.05, 4.69) is 0 Å². The van der Waals surface area contributed by atoms with Crippen LogP contribution in [0.15, 0.2) is 18.2 Å². The highest BCUT2D eigenvalue weighted by Crippen LogP contribution is 2.32. The minimum atomic E-state index is -0.937. The Kier molecular flexibility index (Phi) is 2.61. The van der Waals surface area contributed by atoms with Gasteiger partial charge in [-0.25, -0.2) is 8.78 Å². The topological polar surface area (TPSA) is 29.5 Å². The molecular weight excluding hydrogens is 202 g/mol. The summed E-state index contributed by atoms with van der Waals surface area (Å²) in [6, 6.07) is 3.34. The Morgan fingerprint density at radius 3 is 2.53 bits per heavy atom. The van der Waals surface area contributed by atoms with Crippen LogP contribution in [0.4, 0.5) is 8.78 Å². The lowest BCUT2D eigenvalue weighted by atomic mass is 9.81. The smallest absolute Gasteiger partial charge is 0.162 e. The zero-order valence-electron chi connectivity index (χ0n) is 8.17. The Morgan fingerprint density at radius 2 is 2.00 bits per heavy atom. The van der Waals surface area contributed by atoms with Crippen LogP contribution in [-0.2, 0) is 0 Å². The van der Waals surface area contributed by atoms with Gasteiger partial charge in [0.2, 0.25) is 0 Å². The zero-order chi connectivity index (χ0) is 10.9. The number of hydrogen-bond donors (Lipinski definition) is 1. The standard InChI is InChI=1S/C11H12F2O2/c12-9-3-2-8(6-10(9)13)15-7-11(14)4-1-5-11/h2-3,6,14H,1,4-5,7H2. The molecule has 1 fully saturated rings. The summed E-state index contributed by atoms with van der Waals surface area (Å²) in [5.41, 5.74) is -0.773. The number of aliphatic hydroxyl groups is 1. The molecule has 1 aliphatic rings. The predicted octanol–water partition coefficient (Wildman–Crippen LogP) is 2.26. The van der Waals surface area contributed by atoms with Crippen LogP contribution in [0, 0.1) is 11.6 Å². The van der Waals surface area contributed by atoms with E-state index < -0.39 is 17.2 Å². The number of hydrogen-bond acceptors (Lipinski definition) is 2. The molecule has 1 aromatic carbocycles. The van der Waals surface area contributed by atoms with Gasteiger partial charge >= 0.3 is 0 Å². The molecule has 1 aliphatic carbocycles. The first-order chi connectivity index (χ1) is 7.09. The third kappa shape index (κ3) is 2.26. The number of rotatable bonds is 3. The average molecular weight is 214 g/mol. The first kappa shape index (κ1) is 10.4. The molecule has 15 heavy (non-hydrogen) atoms. The van der Waals surface area contributed by atoms with Crippen LogP contribution in [-0.4, -0.2) is 17.3 Å². The van der Waals surface area contributed by atoms with Gasteiger partial charge in [-0.2, -0.15) is 0 Å². The fourth-order valence-electron chi connectivity index (χ4n) is 1.51. The normalized spacial score (nSPS) is 18.3. The maximum atomic E-state index is 12.8. The van der Waals surface area contributed by atoms with Crippen molar-refractivity contribution in [1.29, 1.82) is 0 Å². The maximum Gasteiger partial charge on any atom is 0.162 e. The molecule has 1 saturated carbocycles. The Morgan fingerprint density at radius 1 is 1.27 bits per heavy atom. The van der Waals surface area contributed by atoms with Crippen molar-refractivity contribution in [3.63, 3.8) is 0 Å². The van der Waals surface area contributed by atoms with E-state index in [9.17, 15) is 13.9 Å². The second-order valence-corrected chi connectivity index (χ2v) is 3.94. The van der Waals surface area contributed by atoms with Crippen molar-refractivity contribution >= 4 is 0 Å². The van der Waals surface area contributed by atoms with Crippen molar-refractivity contribution in [2.75, 3.05) is 6.61 Å². The van der Waals surface area contributed by atoms with E-state index in [4.69, 9.17) is 4.74 Å². The number of halogens is 2. The fourth-order valence-corrected chi connectivity index (χ4v) is 1.51. The molecule has 2 rings (SSSR count). The zero-order valence-corrected chi connectivity index (χ0v) is 8.17. The van der Waals surface area contributed by atoms with Gasteiger partial charge in [-0.15, -0.1) is 0 Å². The average Bonchev–Trinajstić information content (AvgIpc) is 2.17. The van der Waals surface area contributed by atoms with Gasteiger partial charge in [0.25, 0.3) is 0 Å². The van der Waals surface area contributed by atoms with E-state index in [0.29, 0.717) is 12.8 Å². The van der Waals surface area contributed by atoms with E-state index in [1.54, 1.807) is 0 Å². The number of ether oxygens (including phenoxy) is 1. The van der Waals surface area contributed by atoms with E-state index in [-0.39, 0.29) is 12.4 Å². The van der Waals surface area contributed by atoms with Gasteiger partial charge < -0.3 is 9.84 Å². The minimum Gasteiger partial charge on any atom is -0.490 e. The van der Waals surface area contributed by atoms with Gasteiger partial charge in [0.1, 0.15) is 12.4 Å². The molecule has 1 N–H and O–H groups in total. The Bertz CT molecular complexity index is 362. The lowest BCUT2D eigenvalue weighted by molar-refractivity contribution is -0.0664. The Balaban J connectivity index is 1.96. The van der Waals surface area contributed by atoms with E-state index in [1.807, 2.05) is 0 Å². The molecule has 0 aliphatic heterocycles. The predicted molar refractivity (Wildman–Crippen MR) is 50.7 cm³/mol. The van der Waals surface area contributed by atoms with Crippen LogP contribution in [0.25, 0.3) is 0 Å². The van der Waals surface area contributed by atoms with Gasteiger partial charge in [-0.1, -0.05) is 0 Å². The molecule has 0 spiro atoms. The first-order valence-corrected chi connectivity index (χ1v) is 4.89. The lowest BCUT2D eigenvalue weighted by Crippen LogP contribution is -2.42. The Labute approximate surface area is 86.5 Å². The molecule has 82 valence electrons. The Hall–Kier alpha value is -1.16. The summed E-state index contributed by atoms with van der Waals surface area (Å²) in [6.45, 7) is 0.137. The fraction of sp³-hybridized carbons (Fsp3) is 0.455. The molecule has 0 saturated heterocycles. The molecule has 1 aromatic rings. The summed E-state index contributed by atoms with van der Waals surface area (Å²) in [5.74, 6) is -1.59. The third-order valence-electron chi connectivity index (χ3n) is 2.68. The van der Waals surface area contributed by atoms with Gasteiger partial charge in [-0.05, 0) is 31.4 Å². The highest BCUT2D eigenvalue weighted by molar-refractivity contribution is 5.23. The van der Waals surface area contributed by atoms with Crippen LogP contribution in [0.1, 0.15) is 19.3 Å². The van der Waals surface area contributed by atoms with Crippen LogP contribution in [0.5, 0.6) is 5.75 Å². The van der Waals surface area contributed by atoms with Crippen molar-refractivity contribution < 1.29 is 18.6 Å². The summed E-state index contributed by atoms with van der Waals surface area (Å²) in [7, 11) is 0. The van der Waals surface area contributed by atoms with Crippen molar-refractivity contribution in [1.82, 2.24) is 0 Å². The number of benzene rings is 1. The summed E-state index contributed by atoms with van der Waals surface area (Å²) < 4.78 is 30.5. The molecule has 4 heteroatoms. The molecule has 0 unspecified atom stereocenters. The lowest BCUT2D eigenvalue weighted by Gasteiger charge is -2.35. The van der Waals surface area contributed by atoms with Gasteiger partial charge in [0, 0.05) is 6.07 Å². The first-order valence-electron chi connectivity index (χ1n) is 4.89. The van der Waals surface area contributed by atoms with Gasteiger partial charge in [0.05, 0.1) is 5.60 Å². The van der Waals surface area contributed by atoms with Crippen LogP contribution >= 0.6 is 0 Å². The van der Waals surface area contributed by atoms with Crippen molar-refractivity contribution in [3.05, 3.63) is 29.8 Å².